The van der Waals surface area contributed by atoms with Crippen molar-refractivity contribution >= 4 is 23.0 Å². The summed E-state index contributed by atoms with van der Waals surface area (Å²) in [5.41, 5.74) is 2.35. The Morgan fingerprint density at radius 2 is 1.81 bits per heavy atom. The number of amides is 1. The van der Waals surface area contributed by atoms with E-state index in [1.165, 1.54) is 0 Å². The minimum Gasteiger partial charge on any atom is -0.343 e. The SMILES string of the molecule is C#CCCC1(CCC(=O)Nc2ccccc2N(C)c2ccccc2)N=N1. The van der Waals surface area contributed by atoms with Crippen LogP contribution in [0.25, 0.3) is 0 Å². The largest absolute Gasteiger partial charge is 0.343 e. The summed E-state index contributed by atoms with van der Waals surface area (Å²) in [5.74, 6) is 2.56. The molecule has 0 aliphatic carbocycles. The number of hydrogen-bond acceptors (Lipinski definition) is 4. The minimum atomic E-state index is -0.427. The minimum absolute atomic E-state index is 0.0451. The lowest BCUT2D eigenvalue weighted by Crippen LogP contribution is -2.19. The van der Waals surface area contributed by atoms with Gasteiger partial charge in [0.2, 0.25) is 5.91 Å². The average molecular weight is 346 g/mol. The number of para-hydroxylation sites is 3. The van der Waals surface area contributed by atoms with Crippen LogP contribution in [-0.4, -0.2) is 18.6 Å². The van der Waals surface area contributed by atoms with Gasteiger partial charge in [0.25, 0.3) is 0 Å². The van der Waals surface area contributed by atoms with E-state index in [0.29, 0.717) is 25.7 Å². The van der Waals surface area contributed by atoms with E-state index >= 15 is 0 Å². The van der Waals surface area contributed by atoms with Gasteiger partial charge in [-0.1, -0.05) is 30.3 Å². The third-order valence-electron chi connectivity index (χ3n) is 4.49. The van der Waals surface area contributed by atoms with Crippen LogP contribution >= 0.6 is 0 Å². The lowest BCUT2D eigenvalue weighted by Gasteiger charge is -2.23. The van der Waals surface area contributed by atoms with Crippen molar-refractivity contribution in [1.82, 2.24) is 0 Å². The smallest absolute Gasteiger partial charge is 0.224 e. The van der Waals surface area contributed by atoms with E-state index in [1.54, 1.807) is 0 Å². The molecular formula is C21H22N4O. The van der Waals surface area contributed by atoms with Gasteiger partial charge in [0.05, 0.1) is 11.4 Å². The second kappa shape index (κ2) is 7.83. The maximum atomic E-state index is 12.4. The van der Waals surface area contributed by atoms with E-state index in [9.17, 15) is 4.79 Å². The molecule has 1 aliphatic rings. The molecule has 0 spiro atoms. The number of terminal acetylenes is 1. The molecule has 5 heteroatoms. The number of rotatable bonds is 8. The quantitative estimate of drug-likeness (QED) is 0.701. The highest BCUT2D eigenvalue weighted by Crippen LogP contribution is 2.38. The molecule has 1 N–H and O–H groups in total. The van der Waals surface area contributed by atoms with Gasteiger partial charge >= 0.3 is 0 Å². The molecule has 0 fully saturated rings. The molecule has 3 rings (SSSR count). The number of benzene rings is 2. The van der Waals surface area contributed by atoms with Gasteiger partial charge in [0, 0.05) is 38.4 Å². The summed E-state index contributed by atoms with van der Waals surface area (Å²) in [5, 5.41) is 11.2. The number of hydrogen-bond donors (Lipinski definition) is 1. The number of nitrogens with zero attached hydrogens (tertiary/aromatic N) is 3. The van der Waals surface area contributed by atoms with Crippen LogP contribution in [0, 0.1) is 12.3 Å². The van der Waals surface area contributed by atoms with Gasteiger partial charge in [-0.3, -0.25) is 4.79 Å². The first-order valence-corrected chi connectivity index (χ1v) is 8.69. The first-order valence-electron chi connectivity index (χ1n) is 8.69. The van der Waals surface area contributed by atoms with Crippen LogP contribution in [0.4, 0.5) is 17.1 Å². The first kappa shape index (κ1) is 17.7. The molecule has 0 unspecified atom stereocenters. The van der Waals surface area contributed by atoms with E-state index in [-0.39, 0.29) is 5.91 Å². The Balaban J connectivity index is 1.63. The molecule has 1 heterocycles. The number of carbonyl (C=O) groups is 1. The lowest BCUT2D eigenvalue weighted by atomic mass is 10.0. The molecule has 132 valence electrons. The molecule has 0 bridgehead atoms. The Morgan fingerprint density at radius 3 is 2.50 bits per heavy atom. The summed E-state index contributed by atoms with van der Waals surface area (Å²) in [4.78, 5) is 14.5. The molecular weight excluding hydrogens is 324 g/mol. The maximum absolute atomic E-state index is 12.4. The van der Waals surface area contributed by atoms with Crippen LogP contribution in [0.15, 0.2) is 64.8 Å². The van der Waals surface area contributed by atoms with Crippen molar-refractivity contribution in [3.63, 3.8) is 0 Å². The van der Waals surface area contributed by atoms with E-state index in [4.69, 9.17) is 6.42 Å². The van der Waals surface area contributed by atoms with E-state index in [0.717, 1.165) is 17.1 Å². The summed E-state index contributed by atoms with van der Waals surface area (Å²) in [6.45, 7) is 0. The Kier molecular flexibility index (Phi) is 5.33. The van der Waals surface area contributed by atoms with Gasteiger partial charge < -0.3 is 10.2 Å². The van der Waals surface area contributed by atoms with Crippen molar-refractivity contribution in [2.45, 2.75) is 31.3 Å². The summed E-state index contributed by atoms with van der Waals surface area (Å²) >= 11 is 0. The van der Waals surface area contributed by atoms with Gasteiger partial charge in [-0.15, -0.1) is 12.3 Å². The summed E-state index contributed by atoms with van der Waals surface area (Å²) in [6.07, 6.45) is 7.59. The molecule has 2 aromatic carbocycles. The highest BCUT2D eigenvalue weighted by Gasteiger charge is 2.39. The van der Waals surface area contributed by atoms with Gasteiger partial charge in [-0.05, 0) is 24.3 Å². The van der Waals surface area contributed by atoms with E-state index in [2.05, 4.69) is 26.4 Å². The second-order valence-electron chi connectivity index (χ2n) is 6.35. The predicted octanol–water partition coefficient (Wildman–Crippen LogP) is 4.75. The normalized spacial score (nSPS) is 13.7. The van der Waals surface area contributed by atoms with Crippen LogP contribution in [0.5, 0.6) is 0 Å². The molecule has 0 atom stereocenters. The molecule has 0 radical (unpaired) electrons. The van der Waals surface area contributed by atoms with Gasteiger partial charge in [0.15, 0.2) is 5.66 Å². The first-order chi connectivity index (χ1) is 12.6. The Morgan fingerprint density at radius 1 is 1.12 bits per heavy atom. The third-order valence-corrected chi connectivity index (χ3v) is 4.49. The van der Waals surface area contributed by atoms with Crippen LogP contribution < -0.4 is 10.2 Å². The van der Waals surface area contributed by atoms with Crippen molar-refractivity contribution in [3.05, 3.63) is 54.6 Å². The zero-order valence-corrected chi connectivity index (χ0v) is 14.9. The van der Waals surface area contributed by atoms with E-state index < -0.39 is 5.66 Å². The molecule has 0 saturated carbocycles. The fourth-order valence-corrected chi connectivity index (χ4v) is 2.86. The van der Waals surface area contributed by atoms with Gasteiger partial charge in [0.1, 0.15) is 0 Å². The van der Waals surface area contributed by atoms with Crippen LogP contribution in [0.1, 0.15) is 25.7 Å². The van der Waals surface area contributed by atoms with Gasteiger partial charge in [-0.2, -0.15) is 10.2 Å². The molecule has 1 amide bonds. The molecule has 5 nitrogen and oxygen atoms in total. The molecule has 1 aliphatic heterocycles. The lowest BCUT2D eigenvalue weighted by molar-refractivity contribution is -0.116. The van der Waals surface area contributed by atoms with Gasteiger partial charge in [-0.25, -0.2) is 0 Å². The third kappa shape index (κ3) is 4.28. The van der Waals surface area contributed by atoms with Crippen LogP contribution in [0.3, 0.4) is 0 Å². The zero-order chi connectivity index (χ0) is 18.4. The maximum Gasteiger partial charge on any atom is 0.224 e. The van der Waals surface area contributed by atoms with Crippen molar-refractivity contribution < 1.29 is 4.79 Å². The topological polar surface area (TPSA) is 57.1 Å². The molecule has 26 heavy (non-hydrogen) atoms. The number of carbonyl (C=O) groups excluding carboxylic acids is 1. The van der Waals surface area contributed by atoms with Crippen molar-refractivity contribution in [1.29, 1.82) is 0 Å². The standard InChI is InChI=1S/C21H22N4O/c1-3-4-15-21(23-24-21)16-14-20(26)22-18-12-8-9-13-19(18)25(2)17-10-6-5-7-11-17/h1,5-13H,4,14-16H2,2H3,(H,22,26). The highest BCUT2D eigenvalue weighted by atomic mass is 16.1. The molecule has 0 aromatic heterocycles. The molecule has 0 saturated heterocycles. The Hall–Kier alpha value is -3.13. The fourth-order valence-electron chi connectivity index (χ4n) is 2.86. The van der Waals surface area contributed by atoms with Crippen molar-refractivity contribution in [2.75, 3.05) is 17.3 Å². The monoisotopic (exact) mass is 346 g/mol. The summed E-state index contributed by atoms with van der Waals surface area (Å²) in [7, 11) is 1.98. The van der Waals surface area contributed by atoms with Crippen LogP contribution in [0.2, 0.25) is 0 Å². The average Bonchev–Trinajstić information content (AvgIpc) is 3.46. The van der Waals surface area contributed by atoms with Crippen molar-refractivity contribution in [2.24, 2.45) is 10.2 Å². The van der Waals surface area contributed by atoms with Crippen LogP contribution in [-0.2, 0) is 4.79 Å². The number of nitrogens with one attached hydrogen (secondary N) is 1. The number of anilines is 3. The van der Waals surface area contributed by atoms with E-state index in [1.807, 2.05) is 61.6 Å². The summed E-state index contributed by atoms with van der Waals surface area (Å²) < 4.78 is 0. The second-order valence-corrected chi connectivity index (χ2v) is 6.35. The highest BCUT2D eigenvalue weighted by molar-refractivity contribution is 5.95. The predicted molar refractivity (Wildman–Crippen MR) is 104 cm³/mol. The Labute approximate surface area is 154 Å². The van der Waals surface area contributed by atoms with Crippen molar-refractivity contribution in [3.8, 4) is 12.3 Å². The zero-order valence-electron chi connectivity index (χ0n) is 14.9. The Bertz CT molecular complexity index is 833. The summed E-state index contributed by atoms with van der Waals surface area (Å²) in [6, 6.07) is 17.8. The fraction of sp³-hybridized carbons (Fsp3) is 0.286. The molecule has 2 aromatic rings.